The number of ether oxygens (including phenoxy) is 2. The van der Waals surface area contributed by atoms with Crippen LogP contribution in [0.15, 0.2) is 106 Å². The van der Waals surface area contributed by atoms with Gasteiger partial charge in [0.1, 0.15) is 11.5 Å². The normalized spacial score (nSPS) is 14.4. The number of nitrogens with one attached hydrogen (secondary N) is 1. The van der Waals surface area contributed by atoms with Crippen molar-refractivity contribution in [2.45, 2.75) is 30.3 Å². The molecule has 0 bridgehead atoms. The maximum atomic E-state index is 13.9. The lowest BCUT2D eigenvalue weighted by molar-refractivity contribution is -0.137. The molecule has 0 spiro atoms. The SMILES string of the molecule is COc1ccc(C2=NN(C(=O)CSc3nnc(CNC(=O)c4ccco4)n3-c3cccc(C(F)(F)F)c3)[C@@H](c3ccc(OC)cc3)C2)cc1. The van der Waals surface area contributed by atoms with Gasteiger partial charge in [-0.2, -0.15) is 18.3 Å². The number of furan rings is 1. The van der Waals surface area contributed by atoms with Gasteiger partial charge in [-0.3, -0.25) is 14.2 Å². The molecule has 3 aromatic carbocycles. The fourth-order valence-corrected chi connectivity index (χ4v) is 6.04. The predicted octanol–water partition coefficient (Wildman–Crippen LogP) is 6.30. The zero-order valence-corrected chi connectivity index (χ0v) is 27.0. The smallest absolute Gasteiger partial charge is 0.416 e. The van der Waals surface area contributed by atoms with Crippen LogP contribution in [0.3, 0.4) is 0 Å². The van der Waals surface area contributed by atoms with Crippen LogP contribution in [0.2, 0.25) is 0 Å². The Morgan fingerprint density at radius 2 is 1.67 bits per heavy atom. The topological polar surface area (TPSA) is 124 Å². The molecule has 49 heavy (non-hydrogen) atoms. The molecule has 15 heteroatoms. The largest absolute Gasteiger partial charge is 0.497 e. The van der Waals surface area contributed by atoms with Gasteiger partial charge < -0.3 is 19.2 Å². The molecule has 5 aromatic rings. The van der Waals surface area contributed by atoms with Crippen molar-refractivity contribution in [3.63, 3.8) is 0 Å². The fraction of sp³-hybridized carbons (Fsp3) is 0.206. The molecule has 1 atom stereocenters. The third-order valence-corrected chi connectivity index (χ3v) is 8.61. The van der Waals surface area contributed by atoms with E-state index in [0.29, 0.717) is 23.6 Å². The van der Waals surface area contributed by atoms with Crippen LogP contribution in [-0.4, -0.2) is 57.3 Å². The van der Waals surface area contributed by atoms with Crippen molar-refractivity contribution < 1.29 is 36.7 Å². The summed E-state index contributed by atoms with van der Waals surface area (Å²) in [5, 5.41) is 17.3. The molecule has 3 heterocycles. The molecule has 0 saturated carbocycles. The molecule has 0 aliphatic carbocycles. The van der Waals surface area contributed by atoms with Gasteiger partial charge in [-0.05, 0) is 77.9 Å². The van der Waals surface area contributed by atoms with E-state index >= 15 is 0 Å². The summed E-state index contributed by atoms with van der Waals surface area (Å²) in [5.41, 5.74) is 1.59. The molecule has 0 saturated heterocycles. The minimum Gasteiger partial charge on any atom is -0.497 e. The summed E-state index contributed by atoms with van der Waals surface area (Å²) in [6.07, 6.45) is -2.82. The van der Waals surface area contributed by atoms with Gasteiger partial charge >= 0.3 is 6.18 Å². The van der Waals surface area contributed by atoms with E-state index in [9.17, 15) is 22.8 Å². The molecule has 1 N–H and O–H groups in total. The minimum absolute atomic E-state index is 0.0527. The highest BCUT2D eigenvalue weighted by Gasteiger charge is 2.34. The zero-order valence-electron chi connectivity index (χ0n) is 26.2. The van der Waals surface area contributed by atoms with Gasteiger partial charge in [0.25, 0.3) is 11.8 Å². The van der Waals surface area contributed by atoms with Crippen LogP contribution in [0.1, 0.15) is 45.5 Å². The Morgan fingerprint density at radius 3 is 2.33 bits per heavy atom. The van der Waals surface area contributed by atoms with Crippen molar-refractivity contribution in [3.8, 4) is 17.2 Å². The van der Waals surface area contributed by atoms with Gasteiger partial charge in [0, 0.05) is 6.42 Å². The molecule has 2 amide bonds. The number of nitrogens with zero attached hydrogens (tertiary/aromatic N) is 5. The number of hydrogen-bond donors (Lipinski definition) is 1. The average Bonchev–Trinajstić information content (AvgIpc) is 3.90. The molecule has 6 rings (SSSR count). The highest BCUT2D eigenvalue weighted by atomic mass is 32.2. The quantitative estimate of drug-likeness (QED) is 0.160. The monoisotopic (exact) mass is 690 g/mol. The van der Waals surface area contributed by atoms with Crippen LogP contribution >= 0.6 is 11.8 Å². The van der Waals surface area contributed by atoms with E-state index in [1.165, 1.54) is 34.0 Å². The van der Waals surface area contributed by atoms with Gasteiger partial charge in [-0.25, -0.2) is 5.01 Å². The lowest BCUT2D eigenvalue weighted by Crippen LogP contribution is -2.28. The molecular weight excluding hydrogens is 661 g/mol. The van der Waals surface area contributed by atoms with Crippen molar-refractivity contribution >= 4 is 29.3 Å². The number of benzene rings is 3. The number of carbonyl (C=O) groups excluding carboxylic acids is 2. The van der Waals surface area contributed by atoms with E-state index in [4.69, 9.17) is 19.0 Å². The number of amides is 2. The summed E-state index contributed by atoms with van der Waals surface area (Å²) in [4.78, 5) is 26.4. The number of alkyl halides is 3. The van der Waals surface area contributed by atoms with E-state index in [0.717, 1.165) is 35.0 Å². The fourth-order valence-electron chi connectivity index (χ4n) is 5.22. The molecule has 252 valence electrons. The molecule has 11 nitrogen and oxygen atoms in total. The van der Waals surface area contributed by atoms with Gasteiger partial charge in [-0.1, -0.05) is 30.0 Å². The molecular formula is C34H29F3N6O5S. The Morgan fingerprint density at radius 1 is 0.959 bits per heavy atom. The number of hydrazone groups is 1. The van der Waals surface area contributed by atoms with E-state index in [-0.39, 0.29) is 40.6 Å². The first-order valence-electron chi connectivity index (χ1n) is 14.9. The van der Waals surface area contributed by atoms with Crippen LogP contribution in [0.5, 0.6) is 11.5 Å². The highest BCUT2D eigenvalue weighted by Crippen LogP contribution is 2.36. The lowest BCUT2D eigenvalue weighted by Gasteiger charge is -2.22. The Kier molecular flexibility index (Phi) is 9.71. The van der Waals surface area contributed by atoms with E-state index in [1.54, 1.807) is 20.3 Å². The first kappa shape index (κ1) is 33.3. The second-order valence-corrected chi connectivity index (χ2v) is 11.7. The van der Waals surface area contributed by atoms with Gasteiger partial charge in [0.05, 0.1) is 55.8 Å². The van der Waals surface area contributed by atoms with E-state index < -0.39 is 23.7 Å². The zero-order chi connectivity index (χ0) is 34.5. The van der Waals surface area contributed by atoms with E-state index in [2.05, 4.69) is 15.5 Å². The van der Waals surface area contributed by atoms with Crippen LogP contribution in [0.25, 0.3) is 5.69 Å². The van der Waals surface area contributed by atoms with Crippen molar-refractivity contribution in [3.05, 3.63) is 119 Å². The number of aromatic nitrogens is 3. The lowest BCUT2D eigenvalue weighted by atomic mass is 9.98. The summed E-state index contributed by atoms with van der Waals surface area (Å²) in [6, 6.07) is 22.0. The van der Waals surface area contributed by atoms with E-state index in [1.807, 2.05) is 48.5 Å². The highest BCUT2D eigenvalue weighted by molar-refractivity contribution is 7.99. The number of rotatable bonds is 11. The molecule has 0 fully saturated rings. The second kappa shape index (κ2) is 14.3. The number of hydrogen-bond acceptors (Lipinski definition) is 9. The van der Waals surface area contributed by atoms with Crippen LogP contribution in [-0.2, 0) is 17.5 Å². The Bertz CT molecular complexity index is 1960. The minimum atomic E-state index is -4.60. The first-order chi connectivity index (χ1) is 23.6. The standard InChI is InChI=1S/C34H29F3N6O5S/c1-46-25-12-8-21(9-13-25)27-18-28(22-10-14-26(47-2)15-11-22)43(41-27)31(44)20-49-33-40-39-30(19-38-32(45)29-7-4-16-48-29)42(33)24-6-3-5-23(17-24)34(35,36)37/h3-17,28H,18-20H2,1-2H3,(H,38,45)/t28-/m1/s1. The van der Waals surface area contributed by atoms with Crippen molar-refractivity contribution in [1.29, 1.82) is 0 Å². The van der Waals surface area contributed by atoms with Gasteiger partial charge in [0.2, 0.25) is 0 Å². The Labute approximate surface area is 282 Å². The molecule has 1 aliphatic heterocycles. The van der Waals surface area contributed by atoms with Crippen LogP contribution < -0.4 is 14.8 Å². The number of thioether (sulfide) groups is 1. The first-order valence-corrected chi connectivity index (χ1v) is 15.9. The maximum absolute atomic E-state index is 13.9. The molecule has 0 radical (unpaired) electrons. The summed E-state index contributed by atoms with van der Waals surface area (Å²) in [5.74, 6) is 0.475. The number of halogens is 3. The van der Waals surface area contributed by atoms with Crippen LogP contribution in [0.4, 0.5) is 13.2 Å². The van der Waals surface area contributed by atoms with Crippen molar-refractivity contribution in [1.82, 2.24) is 25.1 Å². The summed E-state index contributed by atoms with van der Waals surface area (Å²) >= 11 is 0.988. The van der Waals surface area contributed by atoms with Crippen LogP contribution in [0, 0.1) is 0 Å². The van der Waals surface area contributed by atoms with Gasteiger partial charge in [0.15, 0.2) is 16.7 Å². The summed E-state index contributed by atoms with van der Waals surface area (Å²) in [6.45, 7) is -0.182. The Hall–Kier alpha value is -5.57. The third-order valence-electron chi connectivity index (χ3n) is 7.70. The average molecular weight is 691 g/mol. The molecule has 2 aromatic heterocycles. The summed E-state index contributed by atoms with van der Waals surface area (Å²) < 4.78 is 58.1. The third kappa shape index (κ3) is 7.46. The maximum Gasteiger partial charge on any atom is 0.416 e. The second-order valence-electron chi connectivity index (χ2n) is 10.7. The molecule has 0 unspecified atom stereocenters. The van der Waals surface area contributed by atoms with Crippen molar-refractivity contribution in [2.24, 2.45) is 5.10 Å². The predicted molar refractivity (Wildman–Crippen MR) is 174 cm³/mol. The number of carbonyl (C=O) groups is 2. The molecule has 1 aliphatic rings. The van der Waals surface area contributed by atoms with Gasteiger partial charge in [-0.15, -0.1) is 10.2 Å². The summed E-state index contributed by atoms with van der Waals surface area (Å²) in [7, 11) is 3.15. The number of methoxy groups -OCH3 is 2. The Balaban J connectivity index is 1.28. The van der Waals surface area contributed by atoms with Crippen molar-refractivity contribution in [2.75, 3.05) is 20.0 Å².